The lowest BCUT2D eigenvalue weighted by Crippen LogP contribution is -2.60. The second kappa shape index (κ2) is 14.4. The summed E-state index contributed by atoms with van der Waals surface area (Å²) in [7, 11) is 0. The average molecular weight is 541 g/mol. The fourth-order valence-electron chi connectivity index (χ4n) is 5.72. The third-order valence-corrected chi connectivity index (χ3v) is 8.07. The van der Waals surface area contributed by atoms with E-state index in [0.717, 1.165) is 68.6 Å². The van der Waals surface area contributed by atoms with Gasteiger partial charge in [0.05, 0.1) is 11.1 Å². The minimum atomic E-state index is -1.06. The van der Waals surface area contributed by atoms with Crippen LogP contribution in [0.25, 0.3) is 0 Å². The Morgan fingerprint density at radius 2 is 1.05 bits per heavy atom. The number of rotatable bonds is 16. The van der Waals surface area contributed by atoms with E-state index >= 15 is 0 Å². The highest BCUT2D eigenvalue weighted by Crippen LogP contribution is 2.46. The number of esters is 1. The topological polar surface area (TPSA) is 32.8 Å². The predicted molar refractivity (Wildman–Crippen MR) is 168 cm³/mol. The second-order valence-electron chi connectivity index (χ2n) is 11.1. The van der Waals surface area contributed by atoms with E-state index in [2.05, 4.69) is 92.1 Å². The molecule has 214 valence electrons. The monoisotopic (exact) mass is 540 g/mol. The Morgan fingerprint density at radius 3 is 1.50 bits per heavy atom. The maximum atomic E-state index is 13.6. The zero-order valence-corrected chi connectivity index (χ0v) is 25.1. The molecular weight excluding hydrogens is 492 g/mol. The second-order valence-corrected chi connectivity index (χ2v) is 11.1. The van der Waals surface area contributed by atoms with E-state index in [9.17, 15) is 4.79 Å². The van der Waals surface area contributed by atoms with Gasteiger partial charge in [-0.05, 0) is 80.0 Å². The van der Waals surface area contributed by atoms with Gasteiger partial charge in [0.15, 0.2) is 0 Å². The van der Waals surface area contributed by atoms with Crippen molar-refractivity contribution in [2.75, 3.05) is 22.9 Å². The number of cyclic esters (lactones) is 1. The molecule has 0 aliphatic carbocycles. The zero-order valence-electron chi connectivity index (χ0n) is 25.1. The average Bonchev–Trinajstić information content (AvgIpc) is 3.29. The van der Waals surface area contributed by atoms with E-state index in [4.69, 9.17) is 4.74 Å². The number of hydrogen-bond acceptors (Lipinski definition) is 4. The lowest BCUT2D eigenvalue weighted by molar-refractivity contribution is -0.0125. The molecule has 4 rings (SSSR count). The molecule has 0 spiro atoms. The van der Waals surface area contributed by atoms with Crippen molar-refractivity contribution in [2.24, 2.45) is 0 Å². The molecule has 0 saturated carbocycles. The molecule has 4 heteroatoms. The lowest BCUT2D eigenvalue weighted by atomic mass is 9.99. The maximum absolute atomic E-state index is 13.6. The Balaban J connectivity index is 1.88. The van der Waals surface area contributed by atoms with Gasteiger partial charge >= 0.3 is 5.97 Å². The van der Waals surface area contributed by atoms with Crippen molar-refractivity contribution in [2.45, 2.75) is 97.8 Å². The first-order chi connectivity index (χ1) is 19.6. The van der Waals surface area contributed by atoms with Crippen molar-refractivity contribution < 1.29 is 9.53 Å². The van der Waals surface area contributed by atoms with Crippen LogP contribution in [0.1, 0.15) is 106 Å². The number of aryl methyl sites for hydroxylation is 2. The summed E-state index contributed by atoms with van der Waals surface area (Å²) in [6, 6.07) is 25.9. The van der Waals surface area contributed by atoms with Crippen LogP contribution in [0.5, 0.6) is 0 Å². The van der Waals surface area contributed by atoms with Crippen LogP contribution in [0.3, 0.4) is 0 Å². The predicted octanol–water partition coefficient (Wildman–Crippen LogP) is 9.27. The van der Waals surface area contributed by atoms with Gasteiger partial charge in [0.25, 0.3) is 5.85 Å². The highest BCUT2D eigenvalue weighted by molar-refractivity contribution is 5.96. The Morgan fingerprint density at radius 1 is 0.600 bits per heavy atom. The van der Waals surface area contributed by atoms with Gasteiger partial charge in [0, 0.05) is 24.5 Å². The first kappa shape index (κ1) is 29.7. The molecule has 40 heavy (non-hydrogen) atoms. The maximum Gasteiger partial charge on any atom is 0.342 e. The highest BCUT2D eigenvalue weighted by Gasteiger charge is 2.54. The summed E-state index contributed by atoms with van der Waals surface area (Å²) in [6.45, 7) is 10.5. The van der Waals surface area contributed by atoms with E-state index in [1.54, 1.807) is 0 Å². The Bertz CT molecular complexity index is 1140. The number of nitrogens with zero attached hydrogens (tertiary/aromatic N) is 2. The van der Waals surface area contributed by atoms with Gasteiger partial charge in [-0.3, -0.25) is 0 Å². The Labute approximate surface area is 242 Å². The fraction of sp³-hybridized carbons (Fsp3) is 0.472. The molecule has 1 aliphatic rings. The molecule has 0 N–H and O–H groups in total. The fourth-order valence-corrected chi connectivity index (χ4v) is 5.72. The van der Waals surface area contributed by atoms with Crippen LogP contribution < -0.4 is 9.80 Å². The van der Waals surface area contributed by atoms with Crippen LogP contribution >= 0.6 is 0 Å². The summed E-state index contributed by atoms with van der Waals surface area (Å²) in [4.78, 5) is 18.3. The first-order valence-corrected chi connectivity index (χ1v) is 15.6. The molecule has 1 heterocycles. The molecule has 0 aromatic heterocycles. The summed E-state index contributed by atoms with van der Waals surface area (Å²) in [6.07, 6.45) is 11.0. The van der Waals surface area contributed by atoms with Gasteiger partial charge in [0.1, 0.15) is 0 Å². The van der Waals surface area contributed by atoms with Crippen LogP contribution in [0.2, 0.25) is 0 Å². The molecule has 4 nitrogen and oxygen atoms in total. The summed E-state index contributed by atoms with van der Waals surface area (Å²) in [5, 5.41) is 0. The summed E-state index contributed by atoms with van der Waals surface area (Å²) >= 11 is 0. The standard InChI is InChI=1S/C36H48N2O2/c1-5-9-15-29-19-23-31(24-20-29)37(27-11-7-3)36(34-18-14-13-17-33(34)35(39)40-36)38(28-12-8-4)32-25-21-30(22-26-32)16-10-6-2/h13-14,17-26H,5-12,15-16,27-28H2,1-4H3. The molecular formula is C36H48N2O2. The van der Waals surface area contributed by atoms with Crippen molar-refractivity contribution in [1.82, 2.24) is 0 Å². The number of benzene rings is 3. The van der Waals surface area contributed by atoms with Crippen molar-refractivity contribution in [3.05, 3.63) is 95.1 Å². The summed E-state index contributed by atoms with van der Waals surface area (Å²) in [5.41, 5.74) is 6.45. The molecule has 0 atom stereocenters. The van der Waals surface area contributed by atoms with Crippen molar-refractivity contribution >= 4 is 17.3 Å². The molecule has 0 bridgehead atoms. The molecule has 0 saturated heterocycles. The number of carbonyl (C=O) groups is 1. The SMILES string of the molecule is CCCCc1ccc(N(CCCC)C2(N(CCCC)c3ccc(CCCC)cc3)OC(=O)c3ccccc32)cc1. The third kappa shape index (κ3) is 6.37. The largest absolute Gasteiger partial charge is 0.411 e. The van der Waals surface area contributed by atoms with E-state index < -0.39 is 5.85 Å². The van der Waals surface area contributed by atoms with Gasteiger partial charge in [0.2, 0.25) is 0 Å². The summed E-state index contributed by atoms with van der Waals surface area (Å²) < 4.78 is 6.65. The van der Waals surface area contributed by atoms with E-state index in [-0.39, 0.29) is 5.97 Å². The summed E-state index contributed by atoms with van der Waals surface area (Å²) in [5.74, 6) is -1.31. The smallest absolute Gasteiger partial charge is 0.342 e. The Hall–Kier alpha value is -3.27. The molecule has 3 aromatic rings. The molecule has 0 amide bonds. The van der Waals surface area contributed by atoms with Gasteiger partial charge in [-0.25, -0.2) is 4.79 Å². The minimum Gasteiger partial charge on any atom is -0.411 e. The molecule has 0 fully saturated rings. The van der Waals surface area contributed by atoms with Crippen LogP contribution in [-0.2, 0) is 23.4 Å². The number of hydrogen-bond donors (Lipinski definition) is 0. The number of ether oxygens (including phenoxy) is 1. The quantitative estimate of drug-likeness (QED) is 0.134. The number of unbranched alkanes of at least 4 members (excludes halogenated alkanes) is 4. The molecule has 0 unspecified atom stereocenters. The van der Waals surface area contributed by atoms with Crippen molar-refractivity contribution in [1.29, 1.82) is 0 Å². The van der Waals surface area contributed by atoms with Crippen LogP contribution in [-0.4, -0.2) is 19.1 Å². The zero-order chi connectivity index (χ0) is 28.4. The van der Waals surface area contributed by atoms with Crippen LogP contribution in [0, 0.1) is 0 Å². The normalized spacial score (nSPS) is 13.7. The van der Waals surface area contributed by atoms with Gasteiger partial charge in [-0.1, -0.05) is 95.8 Å². The number of carbonyl (C=O) groups excluding carboxylic acids is 1. The minimum absolute atomic E-state index is 0.252. The van der Waals surface area contributed by atoms with Gasteiger partial charge in [-0.15, -0.1) is 0 Å². The third-order valence-electron chi connectivity index (χ3n) is 8.07. The number of anilines is 2. The van der Waals surface area contributed by atoms with Gasteiger partial charge < -0.3 is 14.5 Å². The molecule has 1 aliphatic heterocycles. The van der Waals surface area contributed by atoms with Crippen molar-refractivity contribution in [3.63, 3.8) is 0 Å². The van der Waals surface area contributed by atoms with Crippen molar-refractivity contribution in [3.8, 4) is 0 Å². The van der Waals surface area contributed by atoms with E-state index in [1.807, 2.05) is 18.2 Å². The van der Waals surface area contributed by atoms with Gasteiger partial charge in [-0.2, -0.15) is 0 Å². The Kier molecular flexibility index (Phi) is 10.7. The molecule has 0 radical (unpaired) electrons. The molecule has 3 aromatic carbocycles. The highest BCUT2D eigenvalue weighted by atomic mass is 16.6. The van der Waals surface area contributed by atoms with Crippen LogP contribution in [0.15, 0.2) is 72.8 Å². The number of fused-ring (bicyclic) bond motifs is 1. The van der Waals surface area contributed by atoms with E-state index in [1.165, 1.54) is 36.8 Å². The van der Waals surface area contributed by atoms with Crippen LogP contribution in [0.4, 0.5) is 11.4 Å². The first-order valence-electron chi connectivity index (χ1n) is 15.6. The lowest BCUT2D eigenvalue weighted by Gasteiger charge is -2.49. The van der Waals surface area contributed by atoms with E-state index in [0.29, 0.717) is 5.56 Å².